The summed E-state index contributed by atoms with van der Waals surface area (Å²) >= 11 is 1.18. The average Bonchev–Trinajstić information content (AvgIpc) is 3.17. The third-order valence-corrected chi connectivity index (χ3v) is 5.22. The summed E-state index contributed by atoms with van der Waals surface area (Å²) < 4.78 is 3.90. The number of amides is 1. The lowest BCUT2D eigenvalue weighted by Gasteiger charge is -2.28. The van der Waals surface area contributed by atoms with Gasteiger partial charge in [0.1, 0.15) is 10.7 Å². The van der Waals surface area contributed by atoms with E-state index in [1.807, 2.05) is 11.8 Å². The zero-order valence-electron chi connectivity index (χ0n) is 11.7. The van der Waals surface area contributed by atoms with Gasteiger partial charge >= 0.3 is 0 Å². The number of Topliss-reactive ketones (excluding diaryl/α,β-unsaturated/α-hetero) is 1. The van der Waals surface area contributed by atoms with E-state index in [4.69, 9.17) is 0 Å². The first-order valence-electron chi connectivity index (χ1n) is 7.37. The number of carbonyl (C=O) groups is 2. The van der Waals surface area contributed by atoms with Crippen LogP contribution in [-0.2, 0) is 11.2 Å². The van der Waals surface area contributed by atoms with Gasteiger partial charge in [0.15, 0.2) is 0 Å². The molecule has 2 heterocycles. The van der Waals surface area contributed by atoms with Crippen molar-refractivity contribution in [2.24, 2.45) is 5.92 Å². The Bertz CT molecular complexity index is 528. The molecule has 1 aliphatic carbocycles. The van der Waals surface area contributed by atoms with Gasteiger partial charge in [-0.1, -0.05) is 11.4 Å². The van der Waals surface area contributed by atoms with Gasteiger partial charge in [0, 0.05) is 24.9 Å². The van der Waals surface area contributed by atoms with E-state index in [2.05, 4.69) is 9.59 Å². The van der Waals surface area contributed by atoms with Crippen LogP contribution in [0.5, 0.6) is 0 Å². The molecule has 3 rings (SSSR count). The number of rotatable bonds is 3. The van der Waals surface area contributed by atoms with Crippen molar-refractivity contribution in [1.29, 1.82) is 0 Å². The van der Waals surface area contributed by atoms with Crippen LogP contribution < -0.4 is 0 Å². The van der Waals surface area contributed by atoms with Crippen LogP contribution in [0, 0.1) is 5.92 Å². The van der Waals surface area contributed by atoms with Crippen molar-refractivity contribution in [3.05, 3.63) is 10.6 Å². The Morgan fingerprint density at radius 2 is 2.25 bits per heavy atom. The first-order chi connectivity index (χ1) is 9.72. The molecule has 0 spiro atoms. The number of hydrogen-bond acceptors (Lipinski definition) is 5. The van der Waals surface area contributed by atoms with E-state index >= 15 is 0 Å². The highest BCUT2D eigenvalue weighted by Gasteiger charge is 2.41. The molecule has 1 aromatic rings. The summed E-state index contributed by atoms with van der Waals surface area (Å²) in [5.74, 6) is 0.430. The second-order valence-corrected chi connectivity index (χ2v) is 6.33. The zero-order valence-corrected chi connectivity index (χ0v) is 12.5. The van der Waals surface area contributed by atoms with E-state index in [9.17, 15) is 9.59 Å². The van der Waals surface area contributed by atoms with Gasteiger partial charge in [0.2, 0.25) is 0 Å². The van der Waals surface area contributed by atoms with Gasteiger partial charge in [0.25, 0.3) is 5.91 Å². The molecular formula is C14H19N3O2S. The molecule has 1 aliphatic heterocycles. The molecule has 5 nitrogen and oxygen atoms in total. The molecule has 1 saturated carbocycles. The highest BCUT2D eigenvalue weighted by molar-refractivity contribution is 7.08. The van der Waals surface area contributed by atoms with Crippen LogP contribution in [0.1, 0.15) is 54.4 Å². The second kappa shape index (κ2) is 5.60. The van der Waals surface area contributed by atoms with E-state index in [0.29, 0.717) is 17.1 Å². The lowest BCUT2D eigenvalue weighted by molar-refractivity contribution is -0.121. The Kier molecular flexibility index (Phi) is 3.83. The van der Waals surface area contributed by atoms with E-state index in [1.54, 1.807) is 0 Å². The molecule has 2 aliphatic rings. The lowest BCUT2D eigenvalue weighted by Crippen LogP contribution is -2.41. The summed E-state index contributed by atoms with van der Waals surface area (Å²) in [7, 11) is 0. The summed E-state index contributed by atoms with van der Waals surface area (Å²) in [4.78, 5) is 27.2. The van der Waals surface area contributed by atoms with Gasteiger partial charge in [0.05, 0.1) is 5.69 Å². The van der Waals surface area contributed by atoms with Crippen molar-refractivity contribution >= 4 is 23.2 Å². The predicted molar refractivity (Wildman–Crippen MR) is 75.7 cm³/mol. The smallest absolute Gasteiger partial charge is 0.267 e. The number of nitrogens with zero attached hydrogens (tertiary/aromatic N) is 3. The van der Waals surface area contributed by atoms with Crippen LogP contribution in [0.2, 0.25) is 0 Å². The molecule has 0 aromatic carbocycles. The van der Waals surface area contributed by atoms with Gasteiger partial charge in [-0.2, -0.15) is 0 Å². The molecule has 108 valence electrons. The Labute approximate surface area is 122 Å². The van der Waals surface area contributed by atoms with E-state index < -0.39 is 0 Å². The molecule has 0 radical (unpaired) electrons. The maximum atomic E-state index is 12.7. The molecule has 2 fully saturated rings. The fraction of sp³-hybridized carbons (Fsp3) is 0.714. The van der Waals surface area contributed by atoms with Crippen molar-refractivity contribution in [2.75, 3.05) is 6.54 Å². The molecule has 1 saturated heterocycles. The molecule has 6 heteroatoms. The van der Waals surface area contributed by atoms with Crippen LogP contribution in [0.15, 0.2) is 0 Å². The first-order valence-corrected chi connectivity index (χ1v) is 8.14. The molecule has 0 N–H and O–H groups in total. The molecule has 1 amide bonds. The summed E-state index contributed by atoms with van der Waals surface area (Å²) in [6, 6.07) is 0.101. The highest BCUT2D eigenvalue weighted by atomic mass is 32.1. The minimum absolute atomic E-state index is 0.0269. The summed E-state index contributed by atoms with van der Waals surface area (Å²) in [6.45, 7) is 2.74. The molecule has 1 aromatic heterocycles. The fourth-order valence-corrected chi connectivity index (χ4v) is 4.15. The van der Waals surface area contributed by atoms with Crippen LogP contribution in [0.3, 0.4) is 0 Å². The number of aryl methyl sites for hydroxylation is 1. The normalized spacial score (nSPS) is 26.4. The van der Waals surface area contributed by atoms with Crippen molar-refractivity contribution in [1.82, 2.24) is 14.5 Å². The lowest BCUT2D eigenvalue weighted by atomic mass is 9.95. The largest absolute Gasteiger partial charge is 0.334 e. The van der Waals surface area contributed by atoms with Crippen LogP contribution in [0.25, 0.3) is 0 Å². The van der Waals surface area contributed by atoms with Gasteiger partial charge in [-0.25, -0.2) is 0 Å². The molecule has 2 atom stereocenters. The quantitative estimate of drug-likeness (QED) is 0.856. The van der Waals surface area contributed by atoms with E-state index in [1.165, 1.54) is 11.5 Å². The summed E-state index contributed by atoms with van der Waals surface area (Å²) in [6.07, 6.45) is 5.27. The minimum Gasteiger partial charge on any atom is -0.334 e. The number of aromatic nitrogens is 2. The topological polar surface area (TPSA) is 63.2 Å². The van der Waals surface area contributed by atoms with E-state index in [0.717, 1.165) is 44.3 Å². The Morgan fingerprint density at radius 1 is 1.40 bits per heavy atom. The third kappa shape index (κ3) is 2.26. The standard InChI is InChI=1S/C14H19N3O2S/c1-2-10-13(20-16-15-10)14(19)17-8-4-6-11(17)9-5-3-7-12(9)18/h9,11H,2-8H2,1H3. The van der Waals surface area contributed by atoms with Crippen molar-refractivity contribution < 1.29 is 9.59 Å². The van der Waals surface area contributed by atoms with Gasteiger partial charge < -0.3 is 4.90 Å². The molecular weight excluding hydrogens is 274 g/mol. The number of carbonyl (C=O) groups excluding carboxylic acids is 2. The van der Waals surface area contributed by atoms with Gasteiger partial charge in [-0.3, -0.25) is 9.59 Å². The second-order valence-electron chi connectivity index (χ2n) is 5.58. The predicted octanol–water partition coefficient (Wildman–Crippen LogP) is 2.07. The molecule has 2 unspecified atom stereocenters. The number of hydrogen-bond donors (Lipinski definition) is 0. The Balaban J connectivity index is 1.81. The van der Waals surface area contributed by atoms with Crippen LogP contribution in [-0.4, -0.2) is 38.8 Å². The summed E-state index contributed by atoms with van der Waals surface area (Å²) in [5.41, 5.74) is 0.781. The maximum Gasteiger partial charge on any atom is 0.267 e. The fourth-order valence-electron chi connectivity index (χ4n) is 3.45. The third-order valence-electron chi connectivity index (χ3n) is 4.46. The SMILES string of the molecule is CCc1nnsc1C(=O)N1CCCC1C1CCCC1=O. The molecule has 20 heavy (non-hydrogen) atoms. The Hall–Kier alpha value is -1.30. The maximum absolute atomic E-state index is 12.7. The minimum atomic E-state index is 0.0269. The van der Waals surface area contributed by atoms with E-state index in [-0.39, 0.29) is 17.9 Å². The van der Waals surface area contributed by atoms with Gasteiger partial charge in [-0.05, 0) is 43.6 Å². The van der Waals surface area contributed by atoms with Crippen molar-refractivity contribution in [2.45, 2.75) is 51.5 Å². The highest BCUT2D eigenvalue weighted by Crippen LogP contribution is 2.34. The monoisotopic (exact) mass is 293 g/mol. The zero-order chi connectivity index (χ0) is 14.1. The molecule has 0 bridgehead atoms. The average molecular weight is 293 g/mol. The Morgan fingerprint density at radius 3 is 2.95 bits per heavy atom. The van der Waals surface area contributed by atoms with Crippen molar-refractivity contribution in [3.63, 3.8) is 0 Å². The number of ketones is 1. The van der Waals surface area contributed by atoms with Crippen molar-refractivity contribution in [3.8, 4) is 0 Å². The first kappa shape index (κ1) is 13.7. The van der Waals surface area contributed by atoms with Crippen LogP contribution in [0.4, 0.5) is 0 Å². The number of likely N-dealkylation sites (tertiary alicyclic amines) is 1. The summed E-state index contributed by atoms with van der Waals surface area (Å²) in [5, 5.41) is 4.02. The van der Waals surface area contributed by atoms with Crippen LogP contribution >= 0.6 is 11.5 Å². The van der Waals surface area contributed by atoms with Gasteiger partial charge in [-0.15, -0.1) is 5.10 Å².